The third-order valence-electron chi connectivity index (χ3n) is 3.44. The van der Waals surface area contributed by atoms with Crippen LogP contribution in [0, 0.1) is 0 Å². The first-order valence-electron chi connectivity index (χ1n) is 6.41. The van der Waals surface area contributed by atoms with Crippen LogP contribution in [0.15, 0.2) is 60.7 Å². The average molecular weight is 254 g/mol. The van der Waals surface area contributed by atoms with Crippen LogP contribution in [0.3, 0.4) is 0 Å². The Kier molecular flexibility index (Phi) is 4.35. The molecule has 98 valence electrons. The summed E-state index contributed by atoms with van der Waals surface area (Å²) in [4.78, 5) is 12.1. The molecule has 19 heavy (non-hydrogen) atoms. The van der Waals surface area contributed by atoms with E-state index >= 15 is 0 Å². The fourth-order valence-corrected chi connectivity index (χ4v) is 2.37. The van der Waals surface area contributed by atoms with Gasteiger partial charge in [-0.1, -0.05) is 67.6 Å². The van der Waals surface area contributed by atoms with Gasteiger partial charge in [-0.3, -0.25) is 4.79 Å². The molecule has 0 amide bonds. The smallest absolute Gasteiger partial charge is 0.313 e. The SMILES string of the molecule is COC(=O)[C@H](c1ccccc1)[C@@H](C)c1ccccc1. The van der Waals surface area contributed by atoms with Gasteiger partial charge in [-0.2, -0.15) is 0 Å². The second-order valence-corrected chi connectivity index (χ2v) is 4.61. The number of hydrogen-bond donors (Lipinski definition) is 0. The number of ether oxygens (including phenoxy) is 1. The Hall–Kier alpha value is -2.09. The Morgan fingerprint density at radius 3 is 1.84 bits per heavy atom. The van der Waals surface area contributed by atoms with E-state index in [1.54, 1.807) is 0 Å². The van der Waals surface area contributed by atoms with Gasteiger partial charge in [0.25, 0.3) is 0 Å². The van der Waals surface area contributed by atoms with E-state index in [9.17, 15) is 4.79 Å². The summed E-state index contributed by atoms with van der Waals surface area (Å²) < 4.78 is 4.97. The molecule has 2 aromatic carbocycles. The first kappa shape index (κ1) is 13.3. The number of benzene rings is 2. The Morgan fingerprint density at radius 1 is 0.895 bits per heavy atom. The lowest BCUT2D eigenvalue weighted by Gasteiger charge is -2.22. The molecule has 0 aliphatic heterocycles. The quantitative estimate of drug-likeness (QED) is 0.777. The van der Waals surface area contributed by atoms with Crippen molar-refractivity contribution in [2.45, 2.75) is 18.8 Å². The number of esters is 1. The molecule has 0 N–H and O–H groups in total. The highest BCUT2D eigenvalue weighted by Crippen LogP contribution is 2.33. The van der Waals surface area contributed by atoms with Gasteiger partial charge in [-0.25, -0.2) is 0 Å². The molecule has 2 aromatic rings. The number of hydrogen-bond acceptors (Lipinski definition) is 2. The predicted octanol–water partition coefficient (Wildman–Crippen LogP) is 3.75. The van der Waals surface area contributed by atoms with Crippen LogP contribution in [0.2, 0.25) is 0 Å². The van der Waals surface area contributed by atoms with Gasteiger partial charge in [0.1, 0.15) is 0 Å². The molecule has 0 bridgehead atoms. The van der Waals surface area contributed by atoms with Gasteiger partial charge in [0.2, 0.25) is 0 Å². The van der Waals surface area contributed by atoms with Crippen molar-refractivity contribution < 1.29 is 9.53 Å². The molecule has 0 saturated heterocycles. The number of carbonyl (C=O) groups is 1. The normalized spacial score (nSPS) is 13.6. The van der Waals surface area contributed by atoms with Crippen molar-refractivity contribution in [3.05, 3.63) is 71.8 Å². The van der Waals surface area contributed by atoms with Crippen molar-refractivity contribution in [2.24, 2.45) is 0 Å². The highest BCUT2D eigenvalue weighted by atomic mass is 16.5. The Labute approximate surface area is 114 Å². The van der Waals surface area contributed by atoms with E-state index in [4.69, 9.17) is 4.74 Å². The van der Waals surface area contributed by atoms with Crippen LogP contribution in [0.25, 0.3) is 0 Å². The highest BCUT2D eigenvalue weighted by molar-refractivity contribution is 5.79. The van der Waals surface area contributed by atoms with Gasteiger partial charge in [-0.15, -0.1) is 0 Å². The third-order valence-corrected chi connectivity index (χ3v) is 3.44. The molecule has 0 radical (unpaired) electrons. The van der Waals surface area contributed by atoms with Crippen molar-refractivity contribution in [1.82, 2.24) is 0 Å². The molecule has 0 aliphatic carbocycles. The maximum absolute atomic E-state index is 12.1. The Balaban J connectivity index is 2.36. The summed E-state index contributed by atoms with van der Waals surface area (Å²) in [5.41, 5.74) is 2.13. The largest absolute Gasteiger partial charge is 0.469 e. The van der Waals surface area contributed by atoms with Crippen molar-refractivity contribution >= 4 is 5.97 Å². The fraction of sp³-hybridized carbons (Fsp3) is 0.235. The first-order valence-corrected chi connectivity index (χ1v) is 6.41. The second kappa shape index (κ2) is 6.19. The fourth-order valence-electron chi connectivity index (χ4n) is 2.37. The molecule has 0 fully saturated rings. The first-order chi connectivity index (χ1) is 9.24. The summed E-state index contributed by atoms with van der Waals surface area (Å²) >= 11 is 0. The minimum atomic E-state index is -0.270. The molecular formula is C17H18O2. The summed E-state index contributed by atoms with van der Waals surface area (Å²) in [5, 5.41) is 0. The zero-order valence-electron chi connectivity index (χ0n) is 11.2. The molecule has 0 unspecified atom stereocenters. The van der Waals surface area contributed by atoms with Crippen LogP contribution < -0.4 is 0 Å². The highest BCUT2D eigenvalue weighted by Gasteiger charge is 2.28. The van der Waals surface area contributed by atoms with E-state index in [1.807, 2.05) is 60.7 Å². The summed E-state index contributed by atoms with van der Waals surface area (Å²) in [6.45, 7) is 2.06. The lowest BCUT2D eigenvalue weighted by Crippen LogP contribution is -2.20. The zero-order chi connectivity index (χ0) is 13.7. The van der Waals surface area contributed by atoms with E-state index in [0.717, 1.165) is 11.1 Å². The molecule has 2 atom stereocenters. The van der Waals surface area contributed by atoms with E-state index in [-0.39, 0.29) is 17.8 Å². The van der Waals surface area contributed by atoms with Gasteiger partial charge in [0, 0.05) is 0 Å². The van der Waals surface area contributed by atoms with Crippen LogP contribution in [0.4, 0.5) is 0 Å². The van der Waals surface area contributed by atoms with Gasteiger partial charge < -0.3 is 4.74 Å². The van der Waals surface area contributed by atoms with Crippen molar-refractivity contribution in [1.29, 1.82) is 0 Å². The molecule has 2 heteroatoms. The summed E-state index contributed by atoms with van der Waals surface area (Å²) in [6, 6.07) is 19.8. The second-order valence-electron chi connectivity index (χ2n) is 4.61. The average Bonchev–Trinajstić information content (AvgIpc) is 2.49. The van der Waals surface area contributed by atoms with E-state index in [1.165, 1.54) is 7.11 Å². The van der Waals surface area contributed by atoms with Crippen LogP contribution in [-0.4, -0.2) is 13.1 Å². The maximum Gasteiger partial charge on any atom is 0.313 e. The topological polar surface area (TPSA) is 26.3 Å². The number of methoxy groups -OCH3 is 1. The van der Waals surface area contributed by atoms with Crippen LogP contribution in [0.5, 0.6) is 0 Å². The number of rotatable bonds is 4. The monoisotopic (exact) mass is 254 g/mol. The standard InChI is InChI=1S/C17H18O2/c1-13(14-9-5-3-6-10-14)16(17(18)19-2)15-11-7-4-8-12-15/h3-13,16H,1-2H3/t13-,16-/m0/s1. The van der Waals surface area contributed by atoms with Crippen LogP contribution in [-0.2, 0) is 9.53 Å². The Bertz CT molecular complexity index is 519. The summed E-state index contributed by atoms with van der Waals surface area (Å²) in [7, 11) is 1.44. The molecule has 0 aromatic heterocycles. The molecule has 0 spiro atoms. The molecule has 0 heterocycles. The minimum absolute atomic E-state index is 0.0797. The van der Waals surface area contributed by atoms with Gasteiger partial charge in [0.05, 0.1) is 13.0 Å². The zero-order valence-corrected chi connectivity index (χ0v) is 11.2. The lowest BCUT2D eigenvalue weighted by atomic mass is 9.83. The van der Waals surface area contributed by atoms with Crippen LogP contribution >= 0.6 is 0 Å². The van der Waals surface area contributed by atoms with Crippen LogP contribution in [0.1, 0.15) is 29.9 Å². The van der Waals surface area contributed by atoms with Crippen molar-refractivity contribution in [2.75, 3.05) is 7.11 Å². The number of carbonyl (C=O) groups excluding carboxylic acids is 1. The molecular weight excluding hydrogens is 236 g/mol. The maximum atomic E-state index is 12.1. The predicted molar refractivity (Wildman–Crippen MR) is 76.1 cm³/mol. The van der Waals surface area contributed by atoms with Gasteiger partial charge >= 0.3 is 5.97 Å². The van der Waals surface area contributed by atoms with Crippen molar-refractivity contribution in [3.63, 3.8) is 0 Å². The van der Waals surface area contributed by atoms with Gasteiger partial charge in [-0.05, 0) is 17.0 Å². The van der Waals surface area contributed by atoms with E-state index < -0.39 is 0 Å². The van der Waals surface area contributed by atoms with Gasteiger partial charge in [0.15, 0.2) is 0 Å². The molecule has 2 rings (SSSR count). The summed E-state index contributed by atoms with van der Waals surface area (Å²) in [5.74, 6) is -0.382. The third kappa shape index (κ3) is 3.02. The van der Waals surface area contributed by atoms with E-state index in [2.05, 4.69) is 6.92 Å². The van der Waals surface area contributed by atoms with Crippen molar-refractivity contribution in [3.8, 4) is 0 Å². The lowest BCUT2D eigenvalue weighted by molar-refractivity contribution is -0.142. The molecule has 0 saturated carbocycles. The minimum Gasteiger partial charge on any atom is -0.469 e. The molecule has 2 nitrogen and oxygen atoms in total. The summed E-state index contributed by atoms with van der Waals surface area (Å²) in [6.07, 6.45) is 0. The van der Waals surface area contributed by atoms with E-state index in [0.29, 0.717) is 0 Å². The molecule has 0 aliphatic rings. The Morgan fingerprint density at radius 2 is 1.37 bits per heavy atom.